The lowest BCUT2D eigenvalue weighted by Gasteiger charge is -2.09. The van der Waals surface area contributed by atoms with Crippen molar-refractivity contribution >= 4 is 17.7 Å². The van der Waals surface area contributed by atoms with Crippen LogP contribution in [0.1, 0.15) is 11.1 Å². The summed E-state index contributed by atoms with van der Waals surface area (Å²) in [6.07, 6.45) is 3.34. The SMILES string of the molecule is CN(C)/C=C/c1cc(-c2c(F)cccc2F)nc(Cl)c1C#N. The normalized spacial score (nSPS) is 10.7. The van der Waals surface area contributed by atoms with Crippen LogP contribution in [-0.2, 0) is 0 Å². The average Bonchev–Trinajstić information content (AvgIpc) is 2.44. The van der Waals surface area contributed by atoms with E-state index in [9.17, 15) is 8.78 Å². The fourth-order valence-corrected chi connectivity index (χ4v) is 2.12. The molecule has 0 aliphatic heterocycles. The Labute approximate surface area is 132 Å². The van der Waals surface area contributed by atoms with Gasteiger partial charge in [-0.1, -0.05) is 17.7 Å². The Hall–Kier alpha value is -2.45. The fraction of sp³-hybridized carbons (Fsp3) is 0.125. The Balaban J connectivity index is 2.67. The predicted molar refractivity (Wildman–Crippen MR) is 82.0 cm³/mol. The number of benzene rings is 1. The van der Waals surface area contributed by atoms with Crippen LogP contribution >= 0.6 is 11.6 Å². The van der Waals surface area contributed by atoms with E-state index in [1.807, 2.05) is 20.2 Å². The summed E-state index contributed by atoms with van der Waals surface area (Å²) in [6, 6.07) is 6.93. The highest BCUT2D eigenvalue weighted by Gasteiger charge is 2.16. The maximum Gasteiger partial charge on any atom is 0.148 e. The van der Waals surface area contributed by atoms with E-state index in [0.29, 0.717) is 5.56 Å². The van der Waals surface area contributed by atoms with Crippen molar-refractivity contribution in [3.63, 3.8) is 0 Å². The van der Waals surface area contributed by atoms with E-state index in [1.54, 1.807) is 17.2 Å². The first-order valence-corrected chi connectivity index (χ1v) is 6.71. The maximum absolute atomic E-state index is 13.9. The largest absolute Gasteiger partial charge is 0.383 e. The minimum Gasteiger partial charge on any atom is -0.383 e. The smallest absolute Gasteiger partial charge is 0.148 e. The number of rotatable bonds is 3. The molecule has 0 radical (unpaired) electrons. The van der Waals surface area contributed by atoms with E-state index >= 15 is 0 Å². The quantitative estimate of drug-likeness (QED) is 0.800. The number of aromatic nitrogens is 1. The van der Waals surface area contributed by atoms with E-state index in [-0.39, 0.29) is 22.0 Å². The first-order valence-electron chi connectivity index (χ1n) is 6.33. The number of pyridine rings is 1. The fourth-order valence-electron chi connectivity index (χ4n) is 1.87. The van der Waals surface area contributed by atoms with Crippen LogP contribution in [-0.4, -0.2) is 24.0 Å². The molecule has 0 unspecified atom stereocenters. The van der Waals surface area contributed by atoms with Crippen molar-refractivity contribution in [1.29, 1.82) is 5.26 Å². The molecule has 2 rings (SSSR count). The molecule has 0 aliphatic rings. The van der Waals surface area contributed by atoms with Gasteiger partial charge >= 0.3 is 0 Å². The van der Waals surface area contributed by atoms with Crippen LogP contribution in [0.5, 0.6) is 0 Å². The van der Waals surface area contributed by atoms with Crippen LogP contribution in [0.25, 0.3) is 17.3 Å². The third-order valence-electron chi connectivity index (χ3n) is 2.89. The highest BCUT2D eigenvalue weighted by Crippen LogP contribution is 2.29. The molecule has 112 valence electrons. The highest BCUT2D eigenvalue weighted by atomic mass is 35.5. The minimum atomic E-state index is -0.740. The maximum atomic E-state index is 13.9. The molecule has 6 heteroatoms. The number of hydrogen-bond donors (Lipinski definition) is 0. The molecule has 1 heterocycles. The van der Waals surface area contributed by atoms with E-state index < -0.39 is 11.6 Å². The van der Waals surface area contributed by atoms with Crippen LogP contribution in [0.15, 0.2) is 30.5 Å². The van der Waals surface area contributed by atoms with Gasteiger partial charge in [-0.15, -0.1) is 0 Å². The van der Waals surface area contributed by atoms with Gasteiger partial charge in [0.1, 0.15) is 22.9 Å². The monoisotopic (exact) mass is 319 g/mol. The predicted octanol–water partition coefficient (Wildman–Crippen LogP) is 4.08. The number of hydrogen-bond acceptors (Lipinski definition) is 3. The van der Waals surface area contributed by atoms with E-state index in [1.165, 1.54) is 12.1 Å². The van der Waals surface area contributed by atoms with Gasteiger partial charge in [0.25, 0.3) is 0 Å². The molecule has 2 aromatic rings. The Kier molecular flexibility index (Phi) is 4.74. The molecule has 0 fully saturated rings. The molecule has 0 bridgehead atoms. The van der Waals surface area contributed by atoms with Gasteiger partial charge in [-0.2, -0.15) is 5.26 Å². The zero-order chi connectivity index (χ0) is 16.3. The van der Waals surface area contributed by atoms with Crippen LogP contribution in [0, 0.1) is 23.0 Å². The third kappa shape index (κ3) is 3.23. The average molecular weight is 320 g/mol. The van der Waals surface area contributed by atoms with Crippen LogP contribution in [0.3, 0.4) is 0 Å². The molecule has 0 aliphatic carbocycles. The Bertz CT molecular complexity index is 759. The molecule has 1 aromatic carbocycles. The first-order chi connectivity index (χ1) is 10.4. The van der Waals surface area contributed by atoms with Gasteiger partial charge in [0.2, 0.25) is 0 Å². The van der Waals surface area contributed by atoms with E-state index in [2.05, 4.69) is 4.98 Å². The first kappa shape index (κ1) is 15.9. The molecule has 0 atom stereocenters. The van der Waals surface area contributed by atoms with Crippen molar-refractivity contribution in [2.24, 2.45) is 0 Å². The molecule has 0 saturated heterocycles. The Morgan fingerprint density at radius 3 is 2.45 bits per heavy atom. The molecule has 1 aromatic heterocycles. The minimum absolute atomic E-state index is 0.0398. The van der Waals surface area contributed by atoms with Crippen LogP contribution in [0.4, 0.5) is 8.78 Å². The lowest BCUT2D eigenvalue weighted by atomic mass is 10.0. The number of nitriles is 1. The van der Waals surface area contributed by atoms with Gasteiger partial charge in [0.05, 0.1) is 16.8 Å². The van der Waals surface area contributed by atoms with Gasteiger partial charge in [0, 0.05) is 14.1 Å². The highest BCUT2D eigenvalue weighted by molar-refractivity contribution is 6.30. The van der Waals surface area contributed by atoms with Crippen LogP contribution in [0.2, 0.25) is 5.15 Å². The zero-order valence-corrected chi connectivity index (χ0v) is 12.7. The second-order valence-corrected chi connectivity index (χ2v) is 5.11. The molecular weight excluding hydrogens is 308 g/mol. The van der Waals surface area contributed by atoms with Gasteiger partial charge in [-0.25, -0.2) is 13.8 Å². The van der Waals surface area contributed by atoms with Crippen molar-refractivity contribution in [3.8, 4) is 17.3 Å². The lowest BCUT2D eigenvalue weighted by Crippen LogP contribution is -2.01. The topological polar surface area (TPSA) is 39.9 Å². The third-order valence-corrected chi connectivity index (χ3v) is 3.16. The van der Waals surface area contributed by atoms with Crippen molar-refractivity contribution in [2.75, 3.05) is 14.1 Å². The van der Waals surface area contributed by atoms with Crippen molar-refractivity contribution in [1.82, 2.24) is 9.88 Å². The summed E-state index contributed by atoms with van der Waals surface area (Å²) < 4.78 is 27.8. The zero-order valence-electron chi connectivity index (χ0n) is 11.9. The molecule has 3 nitrogen and oxygen atoms in total. The lowest BCUT2D eigenvalue weighted by molar-refractivity contribution is 0.567. The molecular formula is C16H12ClF2N3. The van der Waals surface area contributed by atoms with Gasteiger partial charge < -0.3 is 4.90 Å². The molecule has 0 amide bonds. The summed E-state index contributed by atoms with van der Waals surface area (Å²) in [4.78, 5) is 5.70. The summed E-state index contributed by atoms with van der Waals surface area (Å²) in [7, 11) is 3.62. The second kappa shape index (κ2) is 6.54. The van der Waals surface area contributed by atoms with Gasteiger partial charge in [-0.3, -0.25) is 0 Å². The molecule has 0 N–H and O–H groups in total. The summed E-state index contributed by atoms with van der Waals surface area (Å²) in [6.45, 7) is 0. The summed E-state index contributed by atoms with van der Waals surface area (Å²) in [5.41, 5.74) is 0.362. The summed E-state index contributed by atoms with van der Waals surface area (Å²) >= 11 is 5.98. The summed E-state index contributed by atoms with van der Waals surface area (Å²) in [5.74, 6) is -1.48. The molecule has 22 heavy (non-hydrogen) atoms. The summed E-state index contributed by atoms with van der Waals surface area (Å²) in [5, 5.41) is 9.07. The number of nitrogens with zero attached hydrogens (tertiary/aromatic N) is 3. The molecule has 0 saturated carbocycles. The van der Waals surface area contributed by atoms with Gasteiger partial charge in [-0.05, 0) is 36.0 Å². The molecule has 0 spiro atoms. The van der Waals surface area contributed by atoms with Crippen molar-refractivity contribution in [3.05, 3.63) is 58.4 Å². The van der Waals surface area contributed by atoms with Gasteiger partial charge in [0.15, 0.2) is 0 Å². The van der Waals surface area contributed by atoms with E-state index in [4.69, 9.17) is 16.9 Å². The van der Waals surface area contributed by atoms with E-state index in [0.717, 1.165) is 12.1 Å². The Morgan fingerprint density at radius 1 is 1.27 bits per heavy atom. The van der Waals surface area contributed by atoms with Crippen molar-refractivity contribution < 1.29 is 8.78 Å². The van der Waals surface area contributed by atoms with Crippen molar-refractivity contribution in [2.45, 2.75) is 0 Å². The standard InChI is InChI=1S/C16H12ClF2N3/c1-22(2)7-6-10-8-14(21-16(17)11(10)9-20)15-12(18)4-3-5-13(15)19/h3-8H,1-2H3/b7-6+. The number of halogens is 3. The van der Waals surface area contributed by atoms with Crippen LogP contribution < -0.4 is 0 Å². The Morgan fingerprint density at radius 2 is 1.91 bits per heavy atom. The second-order valence-electron chi connectivity index (χ2n) is 4.75.